The van der Waals surface area contributed by atoms with Gasteiger partial charge in [0.05, 0.1) is 0 Å². The Bertz CT molecular complexity index is 731. The summed E-state index contributed by atoms with van der Waals surface area (Å²) < 4.78 is 0. The minimum Gasteiger partial charge on any atom is -0.0683 e. The van der Waals surface area contributed by atoms with E-state index in [0.717, 1.165) is 6.42 Å². The maximum absolute atomic E-state index is 2.25. The van der Waals surface area contributed by atoms with Gasteiger partial charge in [-0.3, -0.25) is 0 Å². The molecule has 0 N–H and O–H groups in total. The van der Waals surface area contributed by atoms with Crippen molar-refractivity contribution < 1.29 is 0 Å². The molecule has 0 nitrogen and oxygen atoms in total. The van der Waals surface area contributed by atoms with Gasteiger partial charge in [-0.05, 0) is 57.2 Å². The summed E-state index contributed by atoms with van der Waals surface area (Å²) in [6.45, 7) is 16.9. The molecule has 0 aliphatic rings. The first-order valence-electron chi connectivity index (χ1n) is 11.1. The van der Waals surface area contributed by atoms with Crippen LogP contribution in [0.3, 0.4) is 0 Å². The lowest BCUT2D eigenvalue weighted by molar-refractivity contribution is 0.912. The van der Waals surface area contributed by atoms with E-state index in [4.69, 9.17) is 0 Å². The molecule has 0 saturated heterocycles. The number of rotatable bonds is 3. The number of benzene rings is 3. The molecule has 0 saturated carbocycles. The standard InChI is InChI=1S/C11H16.2C8H10.C2H6/c1-4-5-11-7-6-9(2)8-10(11)3;1-7-3-5-8(2)6-4-7;1-2-8-6-4-3-5-7-8;1-2/h6-8H,4-5H2,1-3H3;3-6H,1-2H3;3-7H,2H2,1H3;1-2H3. The molecule has 0 spiro atoms. The fourth-order valence-corrected chi connectivity index (χ4v) is 2.75. The molecular formula is C29H42. The van der Waals surface area contributed by atoms with E-state index in [2.05, 4.69) is 108 Å². The highest BCUT2D eigenvalue weighted by Crippen LogP contribution is 2.11. The Morgan fingerprint density at radius 3 is 1.45 bits per heavy atom. The molecule has 0 unspecified atom stereocenters. The van der Waals surface area contributed by atoms with Gasteiger partial charge in [-0.15, -0.1) is 0 Å². The van der Waals surface area contributed by atoms with Crippen molar-refractivity contribution in [3.63, 3.8) is 0 Å². The molecule has 3 aromatic rings. The van der Waals surface area contributed by atoms with Crippen LogP contribution in [-0.4, -0.2) is 0 Å². The summed E-state index contributed by atoms with van der Waals surface area (Å²) in [5, 5.41) is 0. The average molecular weight is 391 g/mol. The average Bonchev–Trinajstić information content (AvgIpc) is 2.75. The summed E-state index contributed by atoms with van der Waals surface area (Å²) in [4.78, 5) is 0. The molecule has 0 amide bonds. The Labute approximate surface area is 181 Å². The summed E-state index contributed by atoms with van der Waals surface area (Å²) in [5.74, 6) is 0. The molecule has 0 heteroatoms. The molecule has 0 bridgehead atoms. The van der Waals surface area contributed by atoms with Crippen LogP contribution >= 0.6 is 0 Å². The highest BCUT2D eigenvalue weighted by Gasteiger charge is 1.95. The van der Waals surface area contributed by atoms with Crippen LogP contribution in [-0.2, 0) is 12.8 Å². The van der Waals surface area contributed by atoms with Crippen molar-refractivity contribution in [1.29, 1.82) is 0 Å². The lowest BCUT2D eigenvalue weighted by atomic mass is 10.0. The highest BCUT2D eigenvalue weighted by molar-refractivity contribution is 5.30. The number of hydrogen-bond acceptors (Lipinski definition) is 0. The maximum Gasteiger partial charge on any atom is -0.0279 e. The number of aryl methyl sites for hydroxylation is 6. The van der Waals surface area contributed by atoms with E-state index in [-0.39, 0.29) is 0 Å². The summed E-state index contributed by atoms with van der Waals surface area (Å²) in [6.07, 6.45) is 3.59. The van der Waals surface area contributed by atoms with Gasteiger partial charge in [0.1, 0.15) is 0 Å². The van der Waals surface area contributed by atoms with Crippen molar-refractivity contribution in [1.82, 2.24) is 0 Å². The maximum atomic E-state index is 2.25. The molecule has 0 radical (unpaired) electrons. The molecule has 0 aliphatic carbocycles. The number of hydrogen-bond donors (Lipinski definition) is 0. The first-order valence-corrected chi connectivity index (χ1v) is 11.1. The molecule has 158 valence electrons. The van der Waals surface area contributed by atoms with E-state index < -0.39 is 0 Å². The van der Waals surface area contributed by atoms with Gasteiger partial charge in [-0.2, -0.15) is 0 Å². The molecule has 0 aliphatic heterocycles. The van der Waals surface area contributed by atoms with Gasteiger partial charge >= 0.3 is 0 Å². The molecule has 0 atom stereocenters. The fourth-order valence-electron chi connectivity index (χ4n) is 2.75. The normalized spacial score (nSPS) is 9.10. The largest absolute Gasteiger partial charge is 0.0683 e. The zero-order valence-electron chi connectivity index (χ0n) is 20.0. The van der Waals surface area contributed by atoms with Crippen molar-refractivity contribution in [3.8, 4) is 0 Å². The Hall–Kier alpha value is -2.34. The minimum absolute atomic E-state index is 1.14. The molecular weight excluding hydrogens is 348 g/mol. The third-order valence-corrected chi connectivity index (χ3v) is 4.49. The lowest BCUT2D eigenvalue weighted by Gasteiger charge is -2.04. The predicted octanol–water partition coefficient (Wildman–Crippen LogP) is 8.83. The van der Waals surface area contributed by atoms with E-state index in [1.54, 1.807) is 0 Å². The smallest absolute Gasteiger partial charge is 0.0279 e. The molecule has 29 heavy (non-hydrogen) atoms. The molecule has 3 aromatic carbocycles. The second kappa shape index (κ2) is 16.6. The van der Waals surface area contributed by atoms with E-state index in [9.17, 15) is 0 Å². The zero-order valence-corrected chi connectivity index (χ0v) is 20.0. The van der Waals surface area contributed by atoms with Gasteiger partial charge in [0, 0.05) is 0 Å². The fraction of sp³-hybridized carbons (Fsp3) is 0.379. The van der Waals surface area contributed by atoms with Crippen LogP contribution in [0.5, 0.6) is 0 Å². The van der Waals surface area contributed by atoms with Crippen LogP contribution in [0.2, 0.25) is 0 Å². The van der Waals surface area contributed by atoms with Gasteiger partial charge in [-0.25, -0.2) is 0 Å². The molecule has 0 heterocycles. The molecule has 0 fully saturated rings. The Morgan fingerprint density at radius 1 is 0.586 bits per heavy atom. The van der Waals surface area contributed by atoms with Crippen LogP contribution in [0.15, 0.2) is 72.8 Å². The Morgan fingerprint density at radius 2 is 1.07 bits per heavy atom. The second-order valence-electron chi connectivity index (χ2n) is 7.17. The van der Waals surface area contributed by atoms with Gasteiger partial charge in [0.25, 0.3) is 0 Å². The monoisotopic (exact) mass is 390 g/mol. The van der Waals surface area contributed by atoms with Crippen LogP contribution in [0, 0.1) is 27.7 Å². The van der Waals surface area contributed by atoms with E-state index >= 15 is 0 Å². The van der Waals surface area contributed by atoms with Crippen LogP contribution in [0.25, 0.3) is 0 Å². The summed E-state index contributed by atoms with van der Waals surface area (Å²) in [5.41, 5.74) is 8.37. The summed E-state index contributed by atoms with van der Waals surface area (Å²) in [7, 11) is 0. The quantitative estimate of drug-likeness (QED) is 0.419. The molecule has 3 rings (SSSR count). The van der Waals surface area contributed by atoms with E-state index in [1.165, 1.54) is 46.2 Å². The van der Waals surface area contributed by atoms with Gasteiger partial charge in [0.15, 0.2) is 0 Å². The SMILES string of the molecule is CC.CCCc1ccc(C)cc1C.CCc1ccccc1.Cc1ccc(C)cc1. The third-order valence-electron chi connectivity index (χ3n) is 4.49. The van der Waals surface area contributed by atoms with Gasteiger partial charge < -0.3 is 0 Å². The van der Waals surface area contributed by atoms with Crippen LogP contribution < -0.4 is 0 Å². The second-order valence-corrected chi connectivity index (χ2v) is 7.17. The predicted molar refractivity (Wildman–Crippen MR) is 133 cm³/mol. The third kappa shape index (κ3) is 12.7. The van der Waals surface area contributed by atoms with Crippen molar-refractivity contribution in [2.24, 2.45) is 0 Å². The van der Waals surface area contributed by atoms with E-state index in [1.807, 2.05) is 19.9 Å². The molecule has 0 aromatic heterocycles. The van der Waals surface area contributed by atoms with Gasteiger partial charge in [-0.1, -0.05) is 124 Å². The van der Waals surface area contributed by atoms with Crippen molar-refractivity contribution in [3.05, 3.63) is 106 Å². The topological polar surface area (TPSA) is 0 Å². The lowest BCUT2D eigenvalue weighted by Crippen LogP contribution is -1.88. The van der Waals surface area contributed by atoms with Crippen LogP contribution in [0.1, 0.15) is 67.5 Å². The summed E-state index contributed by atoms with van der Waals surface area (Å²) in [6, 6.07) is 25.6. The minimum atomic E-state index is 1.14. The Balaban J connectivity index is 0.000000395. The summed E-state index contributed by atoms with van der Waals surface area (Å²) >= 11 is 0. The van der Waals surface area contributed by atoms with Gasteiger partial charge in [0.2, 0.25) is 0 Å². The zero-order chi connectivity index (χ0) is 22.1. The van der Waals surface area contributed by atoms with Crippen molar-refractivity contribution in [2.75, 3.05) is 0 Å². The van der Waals surface area contributed by atoms with Crippen molar-refractivity contribution in [2.45, 2.75) is 74.7 Å². The van der Waals surface area contributed by atoms with Crippen LogP contribution in [0.4, 0.5) is 0 Å². The Kier molecular flexibility index (Phi) is 15.3. The van der Waals surface area contributed by atoms with E-state index in [0.29, 0.717) is 0 Å². The van der Waals surface area contributed by atoms with Crippen molar-refractivity contribution >= 4 is 0 Å². The highest BCUT2D eigenvalue weighted by atomic mass is 14.0. The first-order chi connectivity index (χ1) is 14.0. The first kappa shape index (κ1) is 26.7.